The van der Waals surface area contributed by atoms with Crippen molar-refractivity contribution in [2.24, 2.45) is 0 Å². The lowest BCUT2D eigenvalue weighted by atomic mass is 9.91. The quantitative estimate of drug-likeness (QED) is 0.196. The smallest absolute Gasteiger partial charge is 0.0971 e. The summed E-state index contributed by atoms with van der Waals surface area (Å²) < 4.78 is 2.72. The Labute approximate surface area is 250 Å². The van der Waals surface area contributed by atoms with Crippen LogP contribution in [0.3, 0.4) is 0 Å². The van der Waals surface area contributed by atoms with E-state index in [0.29, 0.717) is 0 Å². The zero-order valence-corrected chi connectivity index (χ0v) is 23.8. The van der Waals surface area contributed by atoms with Crippen LogP contribution in [0.15, 0.2) is 134 Å². The lowest BCUT2D eigenvalue weighted by Gasteiger charge is -2.12. The number of hydrogen-bond donors (Lipinski definition) is 0. The predicted molar refractivity (Wildman–Crippen MR) is 185 cm³/mol. The SMILES string of the molecule is c1cc2cc(-c3ccc4ccc(-c5ccc6c7ccccc7c7nccnc7c6c5)cc4c3)c3cccc4sc(c1)c2c43. The molecular formula is C40H22N2S. The van der Waals surface area contributed by atoms with E-state index in [1.165, 1.54) is 74.7 Å². The summed E-state index contributed by atoms with van der Waals surface area (Å²) in [6.45, 7) is 0. The Morgan fingerprint density at radius 1 is 0.395 bits per heavy atom. The number of aromatic nitrogens is 2. The molecular weight excluding hydrogens is 541 g/mol. The third kappa shape index (κ3) is 3.28. The van der Waals surface area contributed by atoms with Crippen molar-refractivity contribution in [3.8, 4) is 22.3 Å². The highest BCUT2D eigenvalue weighted by molar-refractivity contribution is 7.26. The van der Waals surface area contributed by atoms with Crippen molar-refractivity contribution in [2.45, 2.75) is 0 Å². The topological polar surface area (TPSA) is 25.8 Å². The van der Waals surface area contributed by atoms with Crippen molar-refractivity contribution >= 4 is 85.6 Å². The number of fused-ring (bicyclic) bond motifs is 7. The molecule has 2 heterocycles. The Kier molecular flexibility index (Phi) is 4.63. The van der Waals surface area contributed by atoms with Crippen LogP contribution in [0.5, 0.6) is 0 Å². The molecule has 3 heteroatoms. The van der Waals surface area contributed by atoms with Crippen LogP contribution in [0.1, 0.15) is 0 Å². The van der Waals surface area contributed by atoms with Gasteiger partial charge in [0.15, 0.2) is 0 Å². The molecule has 0 atom stereocenters. The van der Waals surface area contributed by atoms with Crippen molar-refractivity contribution in [1.82, 2.24) is 9.97 Å². The number of nitrogens with zero attached hydrogens (tertiary/aromatic N) is 2. The Hall–Kier alpha value is -5.38. The highest BCUT2D eigenvalue weighted by atomic mass is 32.1. The van der Waals surface area contributed by atoms with Gasteiger partial charge in [0.05, 0.1) is 11.0 Å². The van der Waals surface area contributed by atoms with Gasteiger partial charge in [-0.05, 0) is 91.0 Å². The van der Waals surface area contributed by atoms with E-state index in [-0.39, 0.29) is 0 Å². The lowest BCUT2D eigenvalue weighted by Crippen LogP contribution is -1.89. The molecule has 0 aliphatic heterocycles. The van der Waals surface area contributed by atoms with Crippen molar-refractivity contribution in [3.63, 3.8) is 0 Å². The molecule has 0 amide bonds. The number of hydrogen-bond acceptors (Lipinski definition) is 3. The van der Waals surface area contributed by atoms with Crippen LogP contribution in [-0.4, -0.2) is 9.97 Å². The minimum atomic E-state index is 0.947. The molecule has 10 aromatic rings. The van der Waals surface area contributed by atoms with Crippen molar-refractivity contribution in [3.05, 3.63) is 134 Å². The first kappa shape index (κ1) is 23.2. The van der Waals surface area contributed by atoms with Gasteiger partial charge in [-0.2, -0.15) is 0 Å². The third-order valence-corrected chi connectivity index (χ3v) is 10.2. The Morgan fingerprint density at radius 3 is 1.93 bits per heavy atom. The molecule has 0 saturated carbocycles. The van der Waals surface area contributed by atoms with Crippen molar-refractivity contribution in [2.75, 3.05) is 0 Å². The zero-order chi connectivity index (χ0) is 28.1. The molecule has 198 valence electrons. The van der Waals surface area contributed by atoms with Gasteiger partial charge in [0.2, 0.25) is 0 Å². The van der Waals surface area contributed by atoms with E-state index in [9.17, 15) is 0 Å². The van der Waals surface area contributed by atoms with E-state index in [1.54, 1.807) is 12.4 Å². The molecule has 0 N–H and O–H groups in total. The van der Waals surface area contributed by atoms with Crippen molar-refractivity contribution < 1.29 is 0 Å². The largest absolute Gasteiger partial charge is 0.252 e. The summed E-state index contributed by atoms with van der Waals surface area (Å²) in [4.78, 5) is 9.51. The van der Waals surface area contributed by atoms with Gasteiger partial charge in [-0.15, -0.1) is 11.3 Å². The Bertz CT molecular complexity index is 2700. The minimum Gasteiger partial charge on any atom is -0.252 e. The first-order chi connectivity index (χ1) is 21.3. The van der Waals surface area contributed by atoms with Gasteiger partial charge in [0.25, 0.3) is 0 Å². The third-order valence-electron chi connectivity index (χ3n) is 9.07. The zero-order valence-electron chi connectivity index (χ0n) is 23.0. The van der Waals surface area contributed by atoms with E-state index in [2.05, 4.69) is 121 Å². The summed E-state index contributed by atoms with van der Waals surface area (Å²) in [5, 5.41) is 12.6. The van der Waals surface area contributed by atoms with E-state index in [1.807, 2.05) is 11.3 Å². The molecule has 0 spiro atoms. The minimum absolute atomic E-state index is 0.947. The normalized spacial score (nSPS) is 12.2. The second kappa shape index (κ2) is 8.57. The van der Waals surface area contributed by atoms with Crippen LogP contribution in [0.2, 0.25) is 0 Å². The molecule has 0 unspecified atom stereocenters. The Balaban J connectivity index is 1.17. The fraction of sp³-hybridized carbons (Fsp3) is 0. The highest BCUT2D eigenvalue weighted by Crippen LogP contribution is 2.45. The van der Waals surface area contributed by atoms with Crippen LogP contribution in [0.25, 0.3) is 96.5 Å². The fourth-order valence-corrected chi connectivity index (χ4v) is 8.28. The van der Waals surface area contributed by atoms with Gasteiger partial charge < -0.3 is 0 Å². The van der Waals surface area contributed by atoms with Crippen molar-refractivity contribution in [1.29, 1.82) is 0 Å². The summed E-state index contributed by atoms with van der Waals surface area (Å²) in [6.07, 6.45) is 3.58. The number of rotatable bonds is 2. The molecule has 0 saturated heterocycles. The maximum absolute atomic E-state index is 4.78. The maximum Gasteiger partial charge on any atom is 0.0971 e. The summed E-state index contributed by atoms with van der Waals surface area (Å²) >= 11 is 1.89. The van der Waals surface area contributed by atoms with Crippen LogP contribution >= 0.6 is 11.3 Å². The van der Waals surface area contributed by atoms with E-state index >= 15 is 0 Å². The fourth-order valence-electron chi connectivity index (χ4n) is 7.12. The molecule has 0 bridgehead atoms. The first-order valence-corrected chi connectivity index (χ1v) is 15.4. The standard InChI is InChI=1S/C40H22N2S/c1-2-7-32-29(6-1)30-16-15-25(21-34(30)40-39(32)41-17-18-42-40)24-13-11-23-12-14-26(20-28(23)19-24)33-22-27-5-3-9-35-37(27)38-31(33)8-4-10-36(38)43-35/h1-22H. The maximum atomic E-state index is 4.78. The summed E-state index contributed by atoms with van der Waals surface area (Å²) in [5.41, 5.74) is 6.81. The van der Waals surface area contributed by atoms with Gasteiger partial charge >= 0.3 is 0 Å². The molecule has 43 heavy (non-hydrogen) atoms. The number of benzene rings is 8. The second-order valence-electron chi connectivity index (χ2n) is 11.4. The van der Waals surface area contributed by atoms with Gasteiger partial charge in [-0.3, -0.25) is 9.97 Å². The predicted octanol–water partition coefficient (Wildman–Crippen LogP) is 11.4. The van der Waals surface area contributed by atoms with Crippen LogP contribution in [0.4, 0.5) is 0 Å². The summed E-state index contributed by atoms with van der Waals surface area (Å²) in [7, 11) is 0. The molecule has 10 rings (SSSR count). The lowest BCUT2D eigenvalue weighted by molar-refractivity contribution is 1.31. The first-order valence-electron chi connectivity index (χ1n) is 14.6. The average molecular weight is 563 g/mol. The van der Waals surface area contributed by atoms with Gasteiger partial charge in [0.1, 0.15) is 0 Å². The number of thiophene rings is 1. The van der Waals surface area contributed by atoms with Crippen LogP contribution in [-0.2, 0) is 0 Å². The molecule has 0 aliphatic carbocycles. The van der Waals surface area contributed by atoms with Gasteiger partial charge in [-0.25, -0.2) is 0 Å². The van der Waals surface area contributed by atoms with Gasteiger partial charge in [-0.1, -0.05) is 84.9 Å². The molecule has 0 aliphatic rings. The van der Waals surface area contributed by atoms with E-state index in [0.717, 1.165) is 21.8 Å². The molecule has 2 nitrogen and oxygen atoms in total. The van der Waals surface area contributed by atoms with E-state index in [4.69, 9.17) is 9.97 Å². The molecule has 2 aromatic heterocycles. The second-order valence-corrected chi connectivity index (χ2v) is 12.5. The van der Waals surface area contributed by atoms with Gasteiger partial charge in [0, 0.05) is 43.3 Å². The summed E-state index contributed by atoms with van der Waals surface area (Å²) in [6, 6.07) is 44.7. The van der Waals surface area contributed by atoms with Crippen LogP contribution < -0.4 is 0 Å². The molecule has 8 aromatic carbocycles. The van der Waals surface area contributed by atoms with E-state index < -0.39 is 0 Å². The highest BCUT2D eigenvalue weighted by Gasteiger charge is 2.16. The average Bonchev–Trinajstić information content (AvgIpc) is 3.47. The van der Waals surface area contributed by atoms with Crippen LogP contribution in [0, 0.1) is 0 Å². The molecule has 0 fully saturated rings. The summed E-state index contributed by atoms with van der Waals surface area (Å²) in [5.74, 6) is 0. The molecule has 0 radical (unpaired) electrons. The monoisotopic (exact) mass is 562 g/mol. The Morgan fingerprint density at radius 2 is 1.05 bits per heavy atom.